The quantitative estimate of drug-likeness (QED) is 0.0880. The molecule has 2 N–H and O–H groups in total. The number of epoxide rings is 1. The predicted octanol–water partition coefficient (Wildman–Crippen LogP) is 4.02. The van der Waals surface area contributed by atoms with Gasteiger partial charge in [0.05, 0.1) is 40.5 Å². The van der Waals surface area contributed by atoms with Crippen molar-refractivity contribution in [2.45, 2.75) is 99.2 Å². The van der Waals surface area contributed by atoms with Crippen LogP contribution in [0.2, 0.25) is 0 Å². The van der Waals surface area contributed by atoms with Gasteiger partial charge in [-0.3, -0.25) is 14.5 Å². The van der Waals surface area contributed by atoms with Crippen LogP contribution in [0.3, 0.4) is 0 Å². The summed E-state index contributed by atoms with van der Waals surface area (Å²) < 4.78 is 30.0. The van der Waals surface area contributed by atoms with Crippen LogP contribution in [0.1, 0.15) is 68.8 Å². The Labute approximate surface area is 349 Å². The summed E-state index contributed by atoms with van der Waals surface area (Å²) in [5, 5.41) is 29.2. The van der Waals surface area contributed by atoms with Crippen molar-refractivity contribution < 1.29 is 47.8 Å². The first kappa shape index (κ1) is 39.7. The summed E-state index contributed by atoms with van der Waals surface area (Å²) in [6, 6.07) is 10.7. The molecule has 0 radical (unpaired) electrons. The minimum Gasteiger partial charge on any atom is -0.633 e. The Balaban J connectivity index is 1.28. The summed E-state index contributed by atoms with van der Waals surface area (Å²) in [6.07, 6.45) is 4.93. The van der Waals surface area contributed by atoms with Gasteiger partial charge in [0.25, 0.3) is 0 Å². The van der Waals surface area contributed by atoms with Crippen molar-refractivity contribution in [3.63, 3.8) is 0 Å². The van der Waals surface area contributed by atoms with E-state index < -0.39 is 62.1 Å². The fourth-order valence-corrected chi connectivity index (χ4v) is 14.1. The van der Waals surface area contributed by atoms with Crippen molar-refractivity contribution in [3.05, 3.63) is 76.1 Å². The van der Waals surface area contributed by atoms with Crippen molar-refractivity contribution in [2.75, 3.05) is 66.0 Å². The van der Waals surface area contributed by atoms with Gasteiger partial charge in [0.1, 0.15) is 29.4 Å². The van der Waals surface area contributed by atoms with Crippen LogP contribution in [-0.2, 0) is 50.6 Å². The average molecular weight is 825 g/mol. The number of ether oxygens (including phenoxy) is 5. The van der Waals surface area contributed by atoms with Crippen molar-refractivity contribution in [2.24, 2.45) is 11.3 Å². The molecule has 11 atom stereocenters. The fraction of sp³-hybridized carbons (Fsp3) is 0.587. The number of nitrogens with zero attached hydrogens (tertiary/aromatic N) is 3. The topological polar surface area (TPSA) is 166 Å². The van der Waals surface area contributed by atoms with Crippen molar-refractivity contribution in [1.29, 1.82) is 0 Å². The minimum atomic E-state index is -2.32. The molecule has 1 aliphatic carbocycles. The third-order valence-corrected chi connectivity index (χ3v) is 16.3. The van der Waals surface area contributed by atoms with Crippen LogP contribution in [0.25, 0.3) is 10.9 Å². The second kappa shape index (κ2) is 13.0. The molecule has 3 aromatic rings. The van der Waals surface area contributed by atoms with Crippen LogP contribution >= 0.6 is 0 Å². The number of para-hydroxylation sites is 1. The first-order chi connectivity index (χ1) is 28.7. The smallest absolute Gasteiger partial charge is 0.344 e. The van der Waals surface area contributed by atoms with Crippen molar-refractivity contribution in [3.8, 4) is 5.75 Å². The summed E-state index contributed by atoms with van der Waals surface area (Å²) >= 11 is 0. The fourth-order valence-electron chi connectivity index (χ4n) is 14.1. The number of aliphatic hydroxyl groups is 1. The lowest BCUT2D eigenvalue weighted by molar-refractivity contribution is -0.890. The number of hydrogen-bond donors (Lipinski definition) is 2. The molecule has 1 unspecified atom stereocenters. The van der Waals surface area contributed by atoms with Crippen LogP contribution in [0.5, 0.6) is 5.75 Å². The predicted molar refractivity (Wildman–Crippen MR) is 220 cm³/mol. The molecule has 0 amide bonds. The number of hydroxylamine groups is 3. The number of aromatic nitrogens is 1. The average Bonchev–Trinajstić information content (AvgIpc) is 3.51. The number of hydrogen-bond acceptors (Lipinski definition) is 12. The number of quaternary nitrogens is 1. The normalized spacial score (nSPS) is 39.5. The van der Waals surface area contributed by atoms with Crippen molar-refractivity contribution in [1.82, 2.24) is 9.88 Å². The Morgan fingerprint density at radius 1 is 1.05 bits per heavy atom. The highest BCUT2D eigenvalue weighted by Crippen LogP contribution is 2.68. The number of nitrogens with one attached hydrogen (secondary N) is 1. The van der Waals surface area contributed by atoms with Crippen LogP contribution in [0.4, 0.5) is 5.69 Å². The van der Waals surface area contributed by atoms with Crippen LogP contribution in [0.15, 0.2) is 48.6 Å². The van der Waals surface area contributed by atoms with Gasteiger partial charge in [0.15, 0.2) is 6.10 Å². The Bertz CT molecular complexity index is 2360. The molecule has 2 bridgehead atoms. The number of rotatable bonds is 7. The number of aromatic amines is 1. The number of carbonyl (C=O) groups is 3. The molecule has 3 saturated heterocycles. The Kier molecular flexibility index (Phi) is 8.61. The lowest BCUT2D eigenvalue weighted by Gasteiger charge is -2.63. The van der Waals surface area contributed by atoms with E-state index in [0.29, 0.717) is 75.4 Å². The van der Waals surface area contributed by atoms with Gasteiger partial charge in [-0.15, -0.1) is 0 Å². The number of likely N-dealkylation sites (N-methyl/N-ethyl adjacent to an activating group) is 1. The second-order valence-corrected chi connectivity index (χ2v) is 18.7. The summed E-state index contributed by atoms with van der Waals surface area (Å²) in [4.78, 5) is 50.9. The lowest BCUT2D eigenvalue weighted by atomic mass is 9.47. The maximum Gasteiger partial charge on any atom is 0.344 e. The summed E-state index contributed by atoms with van der Waals surface area (Å²) in [5.41, 5.74) is -1.80. The molecule has 10 rings (SSSR count). The van der Waals surface area contributed by atoms with Gasteiger partial charge in [0.2, 0.25) is 5.60 Å². The molecular formula is C46H56N4O10. The van der Waals surface area contributed by atoms with Crippen LogP contribution in [-0.4, -0.2) is 134 Å². The first-order valence-corrected chi connectivity index (χ1v) is 21.5. The highest BCUT2D eigenvalue weighted by Gasteiger charge is 2.80. The number of benzene rings is 2. The molecule has 14 heteroatoms. The van der Waals surface area contributed by atoms with Gasteiger partial charge in [-0.2, -0.15) is 0 Å². The molecule has 1 aromatic heterocycles. The minimum absolute atomic E-state index is 0.207. The number of fused-ring (bicyclic) bond motifs is 8. The second-order valence-electron chi connectivity index (χ2n) is 18.7. The molecule has 1 saturated carbocycles. The summed E-state index contributed by atoms with van der Waals surface area (Å²) in [6.45, 7) is 7.64. The van der Waals surface area contributed by atoms with Crippen molar-refractivity contribution >= 4 is 34.5 Å². The first-order valence-electron chi connectivity index (χ1n) is 21.5. The van der Waals surface area contributed by atoms with Crippen LogP contribution in [0, 0.1) is 16.5 Å². The summed E-state index contributed by atoms with van der Waals surface area (Å²) in [5.74, 6) is -1.88. The van der Waals surface area contributed by atoms with Gasteiger partial charge in [-0.1, -0.05) is 44.2 Å². The summed E-state index contributed by atoms with van der Waals surface area (Å²) in [7, 11) is 6.09. The van der Waals surface area contributed by atoms with Crippen LogP contribution < -0.4 is 9.64 Å². The highest BCUT2D eigenvalue weighted by atomic mass is 16.6. The molecule has 4 fully saturated rings. The molecule has 7 heterocycles. The van der Waals surface area contributed by atoms with E-state index in [1.807, 2.05) is 61.4 Å². The van der Waals surface area contributed by atoms with Gasteiger partial charge in [-0.25, -0.2) is 4.79 Å². The molecule has 60 heavy (non-hydrogen) atoms. The van der Waals surface area contributed by atoms with Gasteiger partial charge < -0.3 is 48.5 Å². The zero-order chi connectivity index (χ0) is 42.4. The number of H-pyrrole nitrogens is 1. The molecule has 7 aliphatic rings. The molecular weight excluding hydrogens is 769 g/mol. The van der Waals surface area contributed by atoms with E-state index in [2.05, 4.69) is 22.9 Å². The largest absolute Gasteiger partial charge is 0.633 e. The highest BCUT2D eigenvalue weighted by molar-refractivity contribution is 5.95. The molecule has 1 spiro atoms. The monoisotopic (exact) mass is 824 g/mol. The number of carbonyl (C=O) groups excluding carboxylic acids is 3. The maximum atomic E-state index is 15.4. The lowest BCUT2D eigenvalue weighted by Crippen LogP contribution is -2.81. The van der Waals surface area contributed by atoms with E-state index in [1.165, 1.54) is 21.1 Å². The van der Waals surface area contributed by atoms with E-state index in [9.17, 15) is 19.9 Å². The Morgan fingerprint density at radius 3 is 2.52 bits per heavy atom. The zero-order valence-electron chi connectivity index (χ0n) is 35.5. The Morgan fingerprint density at radius 2 is 1.82 bits per heavy atom. The SMILES string of the molecule is CC[C@@]12C[N+]3([O-])CCc4c([nH]c5ccccc45)[C@](C(=O)OC)(c4cc5c(cc4OC)N(C)[C@@H]4[C@@](O)(C(=O)OC)[C@H](OC(C)=O)[C@@]6(CC)C=CCN7CC[C@@]54[C@H]76)C[C@@H](C3)[C@@H]1O2. The molecule has 2 aromatic carbocycles. The van der Waals surface area contributed by atoms with E-state index in [1.54, 1.807) is 7.11 Å². The van der Waals surface area contributed by atoms with E-state index in [-0.39, 0.29) is 24.5 Å². The van der Waals surface area contributed by atoms with Gasteiger partial charge >= 0.3 is 17.9 Å². The standard InChI is InChI=1S/C46H56N4O10/c1-8-42-16-12-18-49-19-17-44(37(42)49)30-21-31(34(56-5)22-33(30)48(4)38(44)46(54,41(53)58-7)39(42)59-26(3)51)45(40(52)57-6)23-27-24-50(55,25-43(9-2)36(27)60-43)20-15-29-28-13-10-11-14-32(28)47-35(29)45/h10-14,16,21-22,27,36-39,47,54H,8-9,15,17-20,23-25H2,1-7H3/t27-,36-,37+,38-,39+,42-,43+,44-,45+,46-,50?/m0/s1. The van der Waals surface area contributed by atoms with E-state index in [0.717, 1.165) is 27.7 Å². The van der Waals surface area contributed by atoms with Gasteiger partial charge in [0, 0.05) is 83.6 Å². The molecule has 6 aliphatic heterocycles. The number of piperidine rings is 1. The van der Waals surface area contributed by atoms with Gasteiger partial charge in [-0.05, 0) is 55.5 Å². The number of methoxy groups -OCH3 is 3. The maximum absolute atomic E-state index is 15.4. The Hall–Kier alpha value is -4.47. The third-order valence-electron chi connectivity index (χ3n) is 16.3. The molecule has 14 nitrogen and oxygen atoms in total. The molecule has 320 valence electrons. The number of esters is 3. The third kappa shape index (κ3) is 4.74. The number of anilines is 1. The zero-order valence-corrected chi connectivity index (χ0v) is 35.5. The van der Waals surface area contributed by atoms with E-state index >= 15 is 4.79 Å². The van der Waals surface area contributed by atoms with E-state index in [4.69, 9.17) is 23.7 Å².